The van der Waals surface area contributed by atoms with E-state index >= 15 is 0 Å². The molecule has 1 fully saturated rings. The van der Waals surface area contributed by atoms with E-state index in [2.05, 4.69) is 9.80 Å². The lowest BCUT2D eigenvalue weighted by molar-refractivity contribution is 0.0686. The number of carboxylic acids is 1. The first-order chi connectivity index (χ1) is 16.0. The van der Waals surface area contributed by atoms with Crippen LogP contribution in [0.15, 0.2) is 42.5 Å². The summed E-state index contributed by atoms with van der Waals surface area (Å²) in [4.78, 5) is 16.6. The van der Waals surface area contributed by atoms with E-state index < -0.39 is 5.97 Å². The standard InChI is InChI=1S/C24H27Cl2N3O4/c25-19-5-4-17(14-20(19)26)16-29-21-2-1-3-23(18(21)15-22(29)24(31)32)33-13-11-28-8-6-27(7-9-28)10-12-30/h1-5,14-15,30H,6-13,16H2,(H,31,32). The van der Waals surface area contributed by atoms with Crippen molar-refractivity contribution in [1.29, 1.82) is 0 Å². The number of benzene rings is 2. The minimum Gasteiger partial charge on any atom is -0.492 e. The average molecular weight is 492 g/mol. The Morgan fingerprint density at radius 3 is 2.36 bits per heavy atom. The van der Waals surface area contributed by atoms with Crippen molar-refractivity contribution in [3.63, 3.8) is 0 Å². The van der Waals surface area contributed by atoms with Gasteiger partial charge in [0.25, 0.3) is 0 Å². The van der Waals surface area contributed by atoms with Crippen molar-refractivity contribution in [3.8, 4) is 5.75 Å². The Kier molecular flexibility index (Phi) is 7.78. The summed E-state index contributed by atoms with van der Waals surface area (Å²) in [6, 6.07) is 12.6. The van der Waals surface area contributed by atoms with Gasteiger partial charge >= 0.3 is 5.97 Å². The fourth-order valence-electron chi connectivity index (χ4n) is 4.21. The molecule has 0 bridgehead atoms. The van der Waals surface area contributed by atoms with Crippen molar-refractivity contribution < 1.29 is 19.7 Å². The van der Waals surface area contributed by atoms with Crippen LogP contribution in [0.5, 0.6) is 5.75 Å². The maximum atomic E-state index is 12.0. The first-order valence-electron chi connectivity index (χ1n) is 10.9. The molecule has 0 saturated carbocycles. The van der Waals surface area contributed by atoms with E-state index in [1.54, 1.807) is 22.8 Å². The van der Waals surface area contributed by atoms with Gasteiger partial charge in [-0.3, -0.25) is 9.80 Å². The number of hydrogen-bond donors (Lipinski definition) is 2. The van der Waals surface area contributed by atoms with E-state index in [4.69, 9.17) is 33.0 Å². The molecule has 3 aromatic rings. The number of halogens is 2. The number of aromatic nitrogens is 1. The number of fused-ring (bicyclic) bond motifs is 1. The molecular formula is C24H27Cl2N3O4. The molecule has 1 aliphatic rings. The predicted octanol–water partition coefficient (Wildman–Crippen LogP) is 3.68. The summed E-state index contributed by atoms with van der Waals surface area (Å²) in [5.41, 5.74) is 1.83. The highest BCUT2D eigenvalue weighted by Gasteiger charge is 2.19. The van der Waals surface area contributed by atoms with Gasteiger partial charge in [-0.05, 0) is 35.9 Å². The van der Waals surface area contributed by atoms with Crippen molar-refractivity contribution in [2.45, 2.75) is 6.54 Å². The first kappa shape index (κ1) is 23.9. The number of hydrogen-bond acceptors (Lipinski definition) is 5. The number of rotatable bonds is 9. The first-order valence-corrected chi connectivity index (χ1v) is 11.7. The van der Waals surface area contributed by atoms with Gasteiger partial charge in [-0.1, -0.05) is 35.3 Å². The van der Waals surface area contributed by atoms with Crippen LogP contribution < -0.4 is 4.74 Å². The van der Waals surface area contributed by atoms with Crippen molar-refractivity contribution in [2.75, 3.05) is 52.5 Å². The molecule has 1 aliphatic heterocycles. The van der Waals surface area contributed by atoms with E-state index in [1.165, 1.54) is 0 Å². The Labute approximate surface area is 202 Å². The zero-order valence-electron chi connectivity index (χ0n) is 18.2. The molecule has 176 valence electrons. The topological polar surface area (TPSA) is 78.2 Å². The summed E-state index contributed by atoms with van der Waals surface area (Å²) in [6.45, 7) is 6.33. The molecule has 4 rings (SSSR count). The lowest BCUT2D eigenvalue weighted by Gasteiger charge is -2.34. The van der Waals surface area contributed by atoms with Gasteiger partial charge in [-0.25, -0.2) is 4.79 Å². The van der Waals surface area contributed by atoms with Crippen LogP contribution in [0.4, 0.5) is 0 Å². The quantitative estimate of drug-likeness (QED) is 0.475. The van der Waals surface area contributed by atoms with Gasteiger partial charge < -0.3 is 19.5 Å². The number of carbonyl (C=O) groups is 1. The van der Waals surface area contributed by atoms with Crippen molar-refractivity contribution in [2.24, 2.45) is 0 Å². The summed E-state index contributed by atoms with van der Waals surface area (Å²) >= 11 is 12.2. The third-order valence-corrected chi connectivity index (χ3v) is 6.73. The fraction of sp³-hybridized carbons (Fsp3) is 0.375. The Balaban J connectivity index is 1.49. The molecule has 0 amide bonds. The van der Waals surface area contributed by atoms with E-state index in [1.807, 2.05) is 24.3 Å². The minimum atomic E-state index is -1.00. The van der Waals surface area contributed by atoms with Gasteiger partial charge in [0.2, 0.25) is 0 Å². The summed E-state index contributed by atoms with van der Waals surface area (Å²) in [5, 5.41) is 20.5. The third kappa shape index (κ3) is 5.62. The maximum Gasteiger partial charge on any atom is 0.352 e. The van der Waals surface area contributed by atoms with E-state index in [-0.39, 0.29) is 12.3 Å². The number of ether oxygens (including phenoxy) is 1. The van der Waals surface area contributed by atoms with E-state index in [0.717, 1.165) is 55.7 Å². The zero-order chi connectivity index (χ0) is 23.4. The number of carboxylic acid groups (broad SMARTS) is 1. The van der Waals surface area contributed by atoms with Crippen LogP contribution >= 0.6 is 23.2 Å². The van der Waals surface area contributed by atoms with Gasteiger partial charge in [0.1, 0.15) is 18.1 Å². The normalized spacial score (nSPS) is 15.2. The average Bonchev–Trinajstić information content (AvgIpc) is 3.17. The second kappa shape index (κ2) is 10.8. The number of nitrogens with zero attached hydrogens (tertiary/aromatic N) is 3. The van der Waals surface area contributed by atoms with Crippen LogP contribution in [0.1, 0.15) is 16.1 Å². The van der Waals surface area contributed by atoms with Crippen LogP contribution in [0, 0.1) is 0 Å². The lowest BCUT2D eigenvalue weighted by Crippen LogP contribution is -2.48. The van der Waals surface area contributed by atoms with Crippen LogP contribution in [0.3, 0.4) is 0 Å². The van der Waals surface area contributed by atoms with Crippen LogP contribution in [-0.2, 0) is 6.54 Å². The van der Waals surface area contributed by atoms with Crippen molar-refractivity contribution in [1.82, 2.24) is 14.4 Å². The zero-order valence-corrected chi connectivity index (χ0v) is 19.7. The maximum absolute atomic E-state index is 12.0. The molecule has 2 aromatic carbocycles. The molecule has 0 atom stereocenters. The smallest absolute Gasteiger partial charge is 0.352 e. The molecule has 0 aliphatic carbocycles. The number of aromatic carboxylic acids is 1. The highest BCUT2D eigenvalue weighted by atomic mass is 35.5. The van der Waals surface area contributed by atoms with Crippen LogP contribution in [0.25, 0.3) is 10.9 Å². The Morgan fingerprint density at radius 1 is 0.970 bits per heavy atom. The van der Waals surface area contributed by atoms with Gasteiger partial charge in [0.05, 0.1) is 22.2 Å². The molecule has 0 radical (unpaired) electrons. The van der Waals surface area contributed by atoms with Gasteiger partial charge in [0, 0.05) is 51.2 Å². The SMILES string of the molecule is O=C(O)c1cc2c(OCCN3CCN(CCO)CC3)cccc2n1Cc1ccc(Cl)c(Cl)c1. The third-order valence-electron chi connectivity index (χ3n) is 6.00. The van der Waals surface area contributed by atoms with Gasteiger partial charge in [0.15, 0.2) is 0 Å². The highest BCUT2D eigenvalue weighted by molar-refractivity contribution is 6.42. The monoisotopic (exact) mass is 491 g/mol. The minimum absolute atomic E-state index is 0.187. The highest BCUT2D eigenvalue weighted by Crippen LogP contribution is 2.31. The van der Waals surface area contributed by atoms with Crippen molar-refractivity contribution in [3.05, 3.63) is 63.8 Å². The molecule has 2 N–H and O–H groups in total. The molecule has 1 aromatic heterocycles. The Bertz CT molecular complexity index is 1130. The second-order valence-corrected chi connectivity index (χ2v) is 8.93. The van der Waals surface area contributed by atoms with Crippen LogP contribution in [0.2, 0.25) is 10.0 Å². The van der Waals surface area contributed by atoms with Gasteiger partial charge in [-0.15, -0.1) is 0 Å². The fourth-order valence-corrected chi connectivity index (χ4v) is 4.53. The molecular weight excluding hydrogens is 465 g/mol. The predicted molar refractivity (Wildman–Crippen MR) is 130 cm³/mol. The Hall–Kier alpha value is -2.29. The Morgan fingerprint density at radius 2 is 1.70 bits per heavy atom. The number of piperazine rings is 1. The molecule has 1 saturated heterocycles. The summed E-state index contributed by atoms with van der Waals surface area (Å²) < 4.78 is 7.84. The molecule has 0 spiro atoms. The van der Waals surface area contributed by atoms with E-state index in [0.29, 0.717) is 28.9 Å². The summed E-state index contributed by atoms with van der Waals surface area (Å²) in [7, 11) is 0. The van der Waals surface area contributed by atoms with Crippen molar-refractivity contribution >= 4 is 40.1 Å². The van der Waals surface area contributed by atoms with Crippen LogP contribution in [-0.4, -0.2) is 83.0 Å². The molecule has 2 heterocycles. The largest absolute Gasteiger partial charge is 0.492 e. The summed E-state index contributed by atoms with van der Waals surface area (Å²) in [5.74, 6) is -0.334. The number of β-amino-alcohol motifs (C(OH)–C–C–N with tert-alkyl or cyclic N) is 1. The molecule has 0 unspecified atom stereocenters. The summed E-state index contributed by atoms with van der Waals surface area (Å²) in [6.07, 6.45) is 0. The number of aliphatic hydroxyl groups excluding tert-OH is 1. The second-order valence-electron chi connectivity index (χ2n) is 8.11. The molecule has 7 nitrogen and oxygen atoms in total. The number of aliphatic hydroxyl groups is 1. The lowest BCUT2D eigenvalue weighted by atomic mass is 10.2. The van der Waals surface area contributed by atoms with Gasteiger partial charge in [-0.2, -0.15) is 0 Å². The molecule has 9 heteroatoms. The molecule has 33 heavy (non-hydrogen) atoms. The van der Waals surface area contributed by atoms with E-state index in [9.17, 15) is 9.90 Å².